The van der Waals surface area contributed by atoms with Crippen LogP contribution in [-0.2, 0) is 13.2 Å². The molecule has 0 aliphatic rings. The maximum Gasteiger partial charge on any atom is 0.164 e. The second-order valence-corrected chi connectivity index (χ2v) is 4.33. The van der Waals surface area contributed by atoms with Gasteiger partial charge in [0.15, 0.2) is 5.82 Å². The van der Waals surface area contributed by atoms with E-state index >= 15 is 0 Å². The molecule has 0 saturated carbocycles. The number of nitrogens with zero attached hydrogens (tertiary/aromatic N) is 4. The molecule has 0 bridgehead atoms. The first-order chi connectivity index (χ1) is 10.2. The van der Waals surface area contributed by atoms with Crippen molar-refractivity contribution in [3.8, 4) is 11.5 Å². The van der Waals surface area contributed by atoms with E-state index in [0.29, 0.717) is 22.8 Å². The zero-order valence-electron chi connectivity index (χ0n) is 12.3. The predicted molar refractivity (Wildman–Crippen MR) is 77.0 cm³/mol. The van der Waals surface area contributed by atoms with Crippen molar-refractivity contribution in [3.63, 3.8) is 0 Å². The van der Waals surface area contributed by atoms with Gasteiger partial charge in [0.2, 0.25) is 0 Å². The average molecular weight is 290 g/mol. The van der Waals surface area contributed by atoms with Gasteiger partial charge in [-0.15, -0.1) is 0 Å². The van der Waals surface area contributed by atoms with Gasteiger partial charge in [-0.3, -0.25) is 0 Å². The lowest BCUT2D eigenvalue weighted by Gasteiger charge is -2.12. The number of methoxy groups -OCH3 is 1. The summed E-state index contributed by atoms with van der Waals surface area (Å²) < 4.78 is 12.7. The largest absolute Gasteiger partial charge is 0.497 e. The van der Waals surface area contributed by atoms with E-state index in [1.807, 2.05) is 6.92 Å². The summed E-state index contributed by atoms with van der Waals surface area (Å²) in [7, 11) is 1.58. The molecule has 21 heavy (non-hydrogen) atoms. The van der Waals surface area contributed by atoms with Crippen LogP contribution in [0.4, 0.5) is 0 Å². The molecular formula is C14H18N4O3. The van der Waals surface area contributed by atoms with Crippen LogP contribution in [0.3, 0.4) is 0 Å². The molecule has 7 nitrogen and oxygen atoms in total. The van der Waals surface area contributed by atoms with Gasteiger partial charge in [0.25, 0.3) is 0 Å². The molecule has 0 saturated heterocycles. The Hall–Kier alpha value is -2.57. The maximum atomic E-state index is 8.95. The van der Waals surface area contributed by atoms with Crippen LogP contribution in [0.5, 0.6) is 11.5 Å². The molecule has 0 aliphatic heterocycles. The smallest absolute Gasteiger partial charge is 0.164 e. The number of rotatable bonds is 6. The van der Waals surface area contributed by atoms with Gasteiger partial charge in [0.1, 0.15) is 24.4 Å². The van der Waals surface area contributed by atoms with E-state index in [2.05, 4.69) is 15.2 Å². The van der Waals surface area contributed by atoms with Crippen molar-refractivity contribution in [2.24, 2.45) is 5.16 Å². The van der Waals surface area contributed by atoms with Crippen LogP contribution in [-0.4, -0.2) is 32.8 Å². The quantitative estimate of drug-likeness (QED) is 0.500. The third kappa shape index (κ3) is 3.31. The summed E-state index contributed by atoms with van der Waals surface area (Å²) in [5.41, 5.74) is 1.16. The Morgan fingerprint density at radius 2 is 2.24 bits per heavy atom. The number of aromatic nitrogens is 3. The van der Waals surface area contributed by atoms with Crippen molar-refractivity contribution in [2.75, 3.05) is 7.11 Å². The fraction of sp³-hybridized carbons (Fsp3) is 0.357. The lowest BCUT2D eigenvalue weighted by Crippen LogP contribution is -2.09. The lowest BCUT2D eigenvalue weighted by atomic mass is 10.1. The van der Waals surface area contributed by atoms with Gasteiger partial charge in [-0.25, -0.2) is 9.67 Å². The van der Waals surface area contributed by atoms with Crippen LogP contribution in [0.25, 0.3) is 0 Å². The topological polar surface area (TPSA) is 81.8 Å². The molecule has 1 aromatic carbocycles. The van der Waals surface area contributed by atoms with Gasteiger partial charge < -0.3 is 14.7 Å². The van der Waals surface area contributed by atoms with E-state index in [4.69, 9.17) is 14.7 Å². The maximum absolute atomic E-state index is 8.95. The van der Waals surface area contributed by atoms with Gasteiger partial charge in [-0.2, -0.15) is 5.10 Å². The summed E-state index contributed by atoms with van der Waals surface area (Å²) in [5.74, 6) is 1.96. The molecule has 0 aliphatic carbocycles. The number of oxime groups is 1. The minimum absolute atomic E-state index is 0.271. The average Bonchev–Trinajstić information content (AvgIpc) is 2.99. The summed E-state index contributed by atoms with van der Waals surface area (Å²) in [6.07, 6.45) is 1.50. The molecular weight excluding hydrogens is 272 g/mol. The van der Waals surface area contributed by atoms with Crippen molar-refractivity contribution in [1.29, 1.82) is 0 Å². The van der Waals surface area contributed by atoms with E-state index in [0.717, 1.165) is 12.4 Å². The van der Waals surface area contributed by atoms with E-state index in [9.17, 15) is 0 Å². The Labute approximate surface area is 122 Å². The van der Waals surface area contributed by atoms with Crippen molar-refractivity contribution < 1.29 is 14.7 Å². The molecule has 2 rings (SSSR count). The Kier molecular flexibility index (Phi) is 4.76. The number of hydrogen-bond donors (Lipinski definition) is 1. The summed E-state index contributed by atoms with van der Waals surface area (Å²) >= 11 is 0. The predicted octanol–water partition coefficient (Wildman–Crippen LogP) is 2.08. The molecule has 0 amide bonds. The minimum atomic E-state index is 0.271. The van der Waals surface area contributed by atoms with Crippen molar-refractivity contribution in [1.82, 2.24) is 14.8 Å². The van der Waals surface area contributed by atoms with Crippen LogP contribution >= 0.6 is 0 Å². The van der Waals surface area contributed by atoms with Gasteiger partial charge in [-0.1, -0.05) is 5.16 Å². The molecule has 0 unspecified atom stereocenters. The first-order valence-corrected chi connectivity index (χ1v) is 6.56. The number of hydrogen-bond acceptors (Lipinski definition) is 6. The van der Waals surface area contributed by atoms with Crippen LogP contribution in [0.2, 0.25) is 0 Å². The lowest BCUT2D eigenvalue weighted by molar-refractivity contribution is 0.284. The fourth-order valence-electron chi connectivity index (χ4n) is 1.91. The first-order valence-electron chi connectivity index (χ1n) is 6.56. The van der Waals surface area contributed by atoms with Gasteiger partial charge >= 0.3 is 0 Å². The van der Waals surface area contributed by atoms with E-state index in [1.165, 1.54) is 6.33 Å². The molecule has 2 aromatic rings. The molecule has 0 atom stereocenters. The van der Waals surface area contributed by atoms with Crippen LogP contribution < -0.4 is 9.47 Å². The van der Waals surface area contributed by atoms with Gasteiger partial charge in [0, 0.05) is 18.2 Å². The minimum Gasteiger partial charge on any atom is -0.497 e. The van der Waals surface area contributed by atoms with E-state index in [1.54, 1.807) is 36.9 Å². The molecule has 0 spiro atoms. The highest BCUT2D eigenvalue weighted by atomic mass is 16.5. The monoisotopic (exact) mass is 290 g/mol. The van der Waals surface area contributed by atoms with Crippen molar-refractivity contribution in [3.05, 3.63) is 35.9 Å². The van der Waals surface area contributed by atoms with E-state index in [-0.39, 0.29) is 6.61 Å². The normalized spacial score (nSPS) is 11.5. The zero-order valence-corrected chi connectivity index (χ0v) is 12.3. The molecule has 1 N–H and O–H groups in total. The molecule has 7 heteroatoms. The van der Waals surface area contributed by atoms with Crippen molar-refractivity contribution >= 4 is 5.71 Å². The molecule has 1 heterocycles. The number of ether oxygens (including phenoxy) is 2. The first kappa shape index (κ1) is 14.8. The van der Waals surface area contributed by atoms with Gasteiger partial charge in [-0.05, 0) is 26.0 Å². The number of aryl methyl sites for hydroxylation is 1. The third-order valence-corrected chi connectivity index (χ3v) is 3.08. The van der Waals surface area contributed by atoms with E-state index < -0.39 is 0 Å². The summed E-state index contributed by atoms with van der Waals surface area (Å²) in [4.78, 5) is 4.16. The van der Waals surface area contributed by atoms with Gasteiger partial charge in [0.05, 0.1) is 12.8 Å². The second-order valence-electron chi connectivity index (χ2n) is 4.33. The highest BCUT2D eigenvalue weighted by Crippen LogP contribution is 2.26. The van der Waals surface area contributed by atoms with Crippen molar-refractivity contribution in [2.45, 2.75) is 27.0 Å². The summed E-state index contributed by atoms with van der Waals surface area (Å²) in [5, 5.41) is 16.3. The van der Waals surface area contributed by atoms with Crippen LogP contribution in [0.15, 0.2) is 29.7 Å². The highest BCUT2D eigenvalue weighted by Gasteiger charge is 2.11. The van der Waals surface area contributed by atoms with Crippen LogP contribution in [0.1, 0.15) is 25.2 Å². The molecule has 1 aromatic heterocycles. The Morgan fingerprint density at radius 3 is 2.90 bits per heavy atom. The SMILES string of the molecule is CCn1ncnc1COc1cc(OC)ccc1/C(C)=N/O. The molecule has 0 fully saturated rings. The summed E-state index contributed by atoms with van der Waals surface area (Å²) in [6.45, 7) is 4.68. The van der Waals surface area contributed by atoms with Crippen LogP contribution in [0, 0.1) is 0 Å². The summed E-state index contributed by atoms with van der Waals surface area (Å²) in [6, 6.07) is 5.32. The zero-order chi connectivity index (χ0) is 15.2. The Morgan fingerprint density at radius 1 is 1.43 bits per heavy atom. The molecule has 0 radical (unpaired) electrons. The highest BCUT2D eigenvalue weighted by molar-refractivity contribution is 6.00. The number of benzene rings is 1. The second kappa shape index (κ2) is 6.74. The standard InChI is InChI=1S/C14H18N4O3/c1-4-18-14(15-9-16-18)8-21-13-7-11(20-3)5-6-12(13)10(2)17-19/h5-7,9,19H,4,8H2,1-3H3/b17-10+. The fourth-order valence-corrected chi connectivity index (χ4v) is 1.91. The Bertz CT molecular complexity index is 637. The third-order valence-electron chi connectivity index (χ3n) is 3.08. The molecule has 112 valence electrons. The Balaban J connectivity index is 2.25.